The Morgan fingerprint density at radius 3 is 2.52 bits per heavy atom. The minimum absolute atomic E-state index is 0.0000495. The van der Waals surface area contributed by atoms with Crippen molar-refractivity contribution in [3.8, 4) is 0 Å². The Morgan fingerprint density at radius 1 is 1.28 bits per heavy atom. The van der Waals surface area contributed by atoms with Crippen LogP contribution in [0.25, 0.3) is 0 Å². The van der Waals surface area contributed by atoms with Crippen molar-refractivity contribution < 1.29 is 19.1 Å². The summed E-state index contributed by atoms with van der Waals surface area (Å²) in [7, 11) is 0. The number of hydrogen-bond acceptors (Lipinski definition) is 5. The first kappa shape index (κ1) is 19.1. The average Bonchev–Trinajstić information content (AvgIpc) is 2.57. The lowest BCUT2D eigenvalue weighted by Gasteiger charge is -2.34. The summed E-state index contributed by atoms with van der Waals surface area (Å²) in [5.41, 5.74) is 1.17. The second-order valence-electron chi connectivity index (χ2n) is 6.89. The molecule has 2 rings (SSSR count). The Labute approximate surface area is 148 Å². The van der Waals surface area contributed by atoms with E-state index in [1.54, 1.807) is 24.3 Å². The maximum absolute atomic E-state index is 12.4. The van der Waals surface area contributed by atoms with Crippen molar-refractivity contribution >= 4 is 23.0 Å². The zero-order chi connectivity index (χ0) is 18.6. The summed E-state index contributed by atoms with van der Waals surface area (Å²) in [6, 6.07) is 5.88. The Morgan fingerprint density at radius 2 is 1.92 bits per heavy atom. The summed E-state index contributed by atoms with van der Waals surface area (Å²) in [4.78, 5) is 36.7. The van der Waals surface area contributed by atoms with Crippen LogP contribution in [0.3, 0.4) is 0 Å². The molecule has 1 unspecified atom stereocenters. The van der Waals surface area contributed by atoms with Crippen LogP contribution in [0, 0.1) is 5.41 Å². The molecule has 5 heteroatoms. The van der Waals surface area contributed by atoms with Crippen LogP contribution in [-0.2, 0) is 14.3 Å². The fourth-order valence-electron chi connectivity index (χ4n) is 2.82. The van der Waals surface area contributed by atoms with Gasteiger partial charge in [-0.1, -0.05) is 20.4 Å². The van der Waals surface area contributed by atoms with Crippen molar-refractivity contribution in [1.82, 2.24) is 0 Å². The van der Waals surface area contributed by atoms with Crippen LogP contribution in [0.1, 0.15) is 44.0 Å². The maximum atomic E-state index is 12.4. The minimum atomic E-state index is -0.903. The highest BCUT2D eigenvalue weighted by atomic mass is 16.5. The number of carbonyl (C=O) groups excluding carboxylic acids is 3. The Kier molecular flexibility index (Phi) is 5.90. The standard InChI is InChI=1S/C20H25NO4/c1-5-25-11-10-16(22)14-6-8-15(9-7-14)21-18-17(23)12-20(3,4)13(2)19(18)24/h6-9,18,21H,2,5,10-12H2,1,3-4H3. The Balaban J connectivity index is 2.04. The molecule has 0 bridgehead atoms. The summed E-state index contributed by atoms with van der Waals surface area (Å²) < 4.78 is 5.18. The summed E-state index contributed by atoms with van der Waals surface area (Å²) in [5.74, 6) is -0.405. The van der Waals surface area contributed by atoms with Gasteiger partial charge in [0.2, 0.25) is 0 Å². The zero-order valence-corrected chi connectivity index (χ0v) is 15.1. The number of ether oxygens (including phenoxy) is 1. The molecule has 1 saturated carbocycles. The van der Waals surface area contributed by atoms with Gasteiger partial charge in [0.1, 0.15) is 6.04 Å². The topological polar surface area (TPSA) is 72.5 Å². The first-order chi connectivity index (χ1) is 11.8. The molecule has 0 aliphatic heterocycles. The summed E-state index contributed by atoms with van der Waals surface area (Å²) in [6.45, 7) is 10.4. The van der Waals surface area contributed by atoms with Gasteiger partial charge < -0.3 is 10.1 Å². The second-order valence-corrected chi connectivity index (χ2v) is 6.89. The van der Waals surface area contributed by atoms with Gasteiger partial charge in [-0.25, -0.2) is 0 Å². The highest BCUT2D eigenvalue weighted by molar-refractivity contribution is 6.18. The molecule has 1 aliphatic rings. The molecule has 25 heavy (non-hydrogen) atoms. The molecule has 0 radical (unpaired) electrons. The van der Waals surface area contributed by atoms with E-state index in [4.69, 9.17) is 4.74 Å². The fraction of sp³-hybridized carbons (Fsp3) is 0.450. The molecule has 0 spiro atoms. The fourth-order valence-corrected chi connectivity index (χ4v) is 2.82. The highest BCUT2D eigenvalue weighted by Gasteiger charge is 2.42. The highest BCUT2D eigenvalue weighted by Crippen LogP contribution is 2.36. The van der Waals surface area contributed by atoms with E-state index in [9.17, 15) is 14.4 Å². The molecule has 0 heterocycles. The number of rotatable bonds is 7. The second kappa shape index (κ2) is 7.74. The third-order valence-corrected chi connectivity index (χ3v) is 4.51. The zero-order valence-electron chi connectivity index (χ0n) is 15.1. The van der Waals surface area contributed by atoms with Gasteiger partial charge in [0.25, 0.3) is 0 Å². The molecule has 5 nitrogen and oxygen atoms in total. The lowest BCUT2D eigenvalue weighted by molar-refractivity contribution is -0.130. The third-order valence-electron chi connectivity index (χ3n) is 4.51. The van der Waals surface area contributed by atoms with Crippen molar-refractivity contribution in [3.63, 3.8) is 0 Å². The first-order valence-corrected chi connectivity index (χ1v) is 8.50. The SMILES string of the molecule is C=C1C(=O)C(Nc2ccc(C(=O)CCOCC)cc2)C(=O)CC1(C)C. The Bertz CT molecular complexity index is 688. The molecule has 1 aliphatic carbocycles. The average molecular weight is 343 g/mol. The molecular formula is C20H25NO4. The molecule has 1 atom stereocenters. The number of carbonyl (C=O) groups is 3. The number of hydrogen-bond donors (Lipinski definition) is 1. The Hall–Kier alpha value is -2.27. The first-order valence-electron chi connectivity index (χ1n) is 8.50. The van der Waals surface area contributed by atoms with Gasteiger partial charge in [0, 0.05) is 30.7 Å². The van der Waals surface area contributed by atoms with Gasteiger partial charge >= 0.3 is 0 Å². The van der Waals surface area contributed by atoms with Gasteiger partial charge in [-0.3, -0.25) is 14.4 Å². The van der Waals surface area contributed by atoms with Crippen LogP contribution >= 0.6 is 0 Å². The monoisotopic (exact) mass is 343 g/mol. The van der Waals surface area contributed by atoms with Crippen molar-refractivity contribution in [3.05, 3.63) is 42.0 Å². The number of Topliss-reactive ketones (excluding diaryl/α,β-unsaturated/α-hetero) is 3. The maximum Gasteiger partial charge on any atom is 0.188 e. The number of benzene rings is 1. The normalized spacial score (nSPS) is 19.8. The molecule has 134 valence electrons. The van der Waals surface area contributed by atoms with E-state index in [1.807, 2.05) is 20.8 Å². The third kappa shape index (κ3) is 4.42. The van der Waals surface area contributed by atoms with Crippen LogP contribution in [0.2, 0.25) is 0 Å². The van der Waals surface area contributed by atoms with E-state index in [0.717, 1.165) is 0 Å². The van der Waals surface area contributed by atoms with Gasteiger partial charge in [0.15, 0.2) is 17.3 Å². The van der Waals surface area contributed by atoms with E-state index in [-0.39, 0.29) is 23.8 Å². The summed E-state index contributed by atoms with van der Waals surface area (Å²) >= 11 is 0. The lowest BCUT2D eigenvalue weighted by atomic mass is 9.71. The minimum Gasteiger partial charge on any atom is -0.381 e. The predicted molar refractivity (Wildman–Crippen MR) is 96.8 cm³/mol. The molecule has 1 aromatic carbocycles. The molecule has 0 amide bonds. The molecule has 0 saturated heterocycles. The summed E-state index contributed by atoms with van der Waals surface area (Å²) in [6.07, 6.45) is 0.609. The molecule has 1 fully saturated rings. The van der Waals surface area contributed by atoms with Crippen molar-refractivity contribution in [2.75, 3.05) is 18.5 Å². The van der Waals surface area contributed by atoms with E-state index in [1.165, 1.54) is 0 Å². The van der Waals surface area contributed by atoms with Crippen molar-refractivity contribution in [2.24, 2.45) is 5.41 Å². The largest absolute Gasteiger partial charge is 0.381 e. The van der Waals surface area contributed by atoms with Gasteiger partial charge in [0.05, 0.1) is 6.61 Å². The van der Waals surface area contributed by atoms with Crippen LogP contribution in [0.5, 0.6) is 0 Å². The van der Waals surface area contributed by atoms with E-state index < -0.39 is 11.5 Å². The van der Waals surface area contributed by atoms with Crippen LogP contribution in [0.4, 0.5) is 5.69 Å². The molecule has 1 N–H and O–H groups in total. The van der Waals surface area contributed by atoms with E-state index >= 15 is 0 Å². The van der Waals surface area contributed by atoms with Gasteiger partial charge in [-0.15, -0.1) is 0 Å². The van der Waals surface area contributed by atoms with Crippen molar-refractivity contribution in [2.45, 2.75) is 39.7 Å². The molecule has 1 aromatic rings. The number of ketones is 3. The smallest absolute Gasteiger partial charge is 0.188 e. The van der Waals surface area contributed by atoms with E-state index in [2.05, 4.69) is 11.9 Å². The van der Waals surface area contributed by atoms with Crippen LogP contribution in [-0.4, -0.2) is 36.6 Å². The van der Waals surface area contributed by atoms with Crippen LogP contribution in [0.15, 0.2) is 36.4 Å². The summed E-state index contributed by atoms with van der Waals surface area (Å²) in [5, 5.41) is 2.97. The van der Waals surface area contributed by atoms with E-state index in [0.29, 0.717) is 36.5 Å². The number of anilines is 1. The quantitative estimate of drug-likeness (QED) is 0.356. The molecular weight excluding hydrogens is 318 g/mol. The lowest BCUT2D eigenvalue weighted by Crippen LogP contribution is -2.47. The van der Waals surface area contributed by atoms with Crippen molar-refractivity contribution in [1.29, 1.82) is 0 Å². The van der Waals surface area contributed by atoms with Gasteiger partial charge in [-0.2, -0.15) is 0 Å². The molecule has 0 aromatic heterocycles. The van der Waals surface area contributed by atoms with Gasteiger partial charge in [-0.05, 0) is 42.2 Å². The predicted octanol–water partition coefficient (Wildman–Crippen LogP) is 3.20. The number of nitrogens with one attached hydrogen (secondary N) is 1. The van der Waals surface area contributed by atoms with Crippen LogP contribution < -0.4 is 5.32 Å².